The van der Waals surface area contributed by atoms with Gasteiger partial charge in [0.25, 0.3) is 0 Å². The second-order valence-electron chi connectivity index (χ2n) is 4.12. The predicted octanol–water partition coefficient (Wildman–Crippen LogP) is 3.11. The van der Waals surface area contributed by atoms with Crippen LogP contribution < -0.4 is 0 Å². The predicted molar refractivity (Wildman–Crippen MR) is 68.5 cm³/mol. The monoisotopic (exact) mass is 264 g/mol. The first-order valence-electron chi connectivity index (χ1n) is 5.52. The second kappa shape index (κ2) is 4.90. The lowest BCUT2D eigenvalue weighted by Crippen LogP contribution is -2.08. The van der Waals surface area contributed by atoms with Gasteiger partial charge in [0.2, 0.25) is 0 Å². The minimum Gasteiger partial charge on any atom is -0.223 e. The standard InChI is InChI=1S/C14H13FO2S/c1-11-6-2-3-7-12(11)10-18(16,17)14-9-5-4-8-13(14)15/h2-9H,10H2,1H3. The molecule has 0 N–H and O–H groups in total. The fourth-order valence-corrected chi connectivity index (χ4v) is 3.29. The average molecular weight is 264 g/mol. The molecule has 0 atom stereocenters. The summed E-state index contributed by atoms with van der Waals surface area (Å²) in [6, 6.07) is 12.7. The summed E-state index contributed by atoms with van der Waals surface area (Å²) in [5.41, 5.74) is 1.58. The largest absolute Gasteiger partial charge is 0.223 e. The van der Waals surface area contributed by atoms with Crippen molar-refractivity contribution in [3.8, 4) is 0 Å². The minimum absolute atomic E-state index is 0.180. The molecular formula is C14H13FO2S. The smallest absolute Gasteiger partial charge is 0.185 e. The van der Waals surface area contributed by atoms with E-state index in [1.165, 1.54) is 18.2 Å². The lowest BCUT2D eigenvalue weighted by Gasteiger charge is -2.07. The van der Waals surface area contributed by atoms with Gasteiger partial charge in [-0.1, -0.05) is 36.4 Å². The molecule has 0 aromatic heterocycles. The third-order valence-electron chi connectivity index (χ3n) is 2.78. The topological polar surface area (TPSA) is 34.1 Å². The van der Waals surface area contributed by atoms with E-state index in [1.54, 1.807) is 12.1 Å². The lowest BCUT2D eigenvalue weighted by molar-refractivity contribution is 0.566. The Hall–Kier alpha value is -1.68. The number of rotatable bonds is 3. The van der Waals surface area contributed by atoms with Crippen LogP contribution in [0.5, 0.6) is 0 Å². The van der Waals surface area contributed by atoms with Crippen LogP contribution in [0.15, 0.2) is 53.4 Å². The SMILES string of the molecule is Cc1ccccc1CS(=O)(=O)c1ccccc1F. The first-order valence-corrected chi connectivity index (χ1v) is 7.18. The van der Waals surface area contributed by atoms with Gasteiger partial charge in [-0.2, -0.15) is 0 Å². The quantitative estimate of drug-likeness (QED) is 0.853. The van der Waals surface area contributed by atoms with Crippen LogP contribution in [0.25, 0.3) is 0 Å². The van der Waals surface area contributed by atoms with Crippen molar-refractivity contribution in [2.24, 2.45) is 0 Å². The number of sulfone groups is 1. The van der Waals surface area contributed by atoms with Crippen molar-refractivity contribution in [2.45, 2.75) is 17.6 Å². The zero-order valence-corrected chi connectivity index (χ0v) is 10.7. The summed E-state index contributed by atoms with van der Waals surface area (Å²) in [7, 11) is -3.64. The second-order valence-corrected chi connectivity index (χ2v) is 6.07. The zero-order valence-electron chi connectivity index (χ0n) is 9.93. The van der Waals surface area contributed by atoms with Crippen LogP contribution in [0.3, 0.4) is 0 Å². The molecule has 0 radical (unpaired) electrons. The van der Waals surface area contributed by atoms with E-state index in [-0.39, 0.29) is 10.6 Å². The van der Waals surface area contributed by atoms with Crippen molar-refractivity contribution < 1.29 is 12.8 Å². The van der Waals surface area contributed by atoms with Gasteiger partial charge < -0.3 is 0 Å². The Morgan fingerprint density at radius 2 is 1.61 bits per heavy atom. The Labute approximate surface area is 106 Å². The van der Waals surface area contributed by atoms with Crippen molar-refractivity contribution in [1.82, 2.24) is 0 Å². The molecule has 0 aliphatic carbocycles. The summed E-state index contributed by atoms with van der Waals surface area (Å²) in [6.45, 7) is 1.84. The molecule has 0 saturated heterocycles. The van der Waals surface area contributed by atoms with E-state index in [0.29, 0.717) is 5.56 Å². The number of hydrogen-bond acceptors (Lipinski definition) is 2. The van der Waals surface area contributed by atoms with E-state index >= 15 is 0 Å². The normalized spacial score (nSPS) is 11.4. The molecule has 2 aromatic carbocycles. The summed E-state index contributed by atoms with van der Waals surface area (Å²) in [5, 5.41) is 0. The lowest BCUT2D eigenvalue weighted by atomic mass is 10.1. The molecule has 2 rings (SSSR count). The highest BCUT2D eigenvalue weighted by Crippen LogP contribution is 2.20. The van der Waals surface area contributed by atoms with E-state index in [4.69, 9.17) is 0 Å². The first-order chi connectivity index (χ1) is 8.50. The Balaban J connectivity index is 2.40. The molecule has 0 spiro atoms. The van der Waals surface area contributed by atoms with Crippen molar-refractivity contribution in [1.29, 1.82) is 0 Å². The van der Waals surface area contributed by atoms with Crippen LogP contribution in [0.4, 0.5) is 4.39 Å². The van der Waals surface area contributed by atoms with Crippen molar-refractivity contribution >= 4 is 9.84 Å². The Kier molecular flexibility index (Phi) is 3.48. The molecule has 0 heterocycles. The van der Waals surface area contributed by atoms with Gasteiger partial charge in [0, 0.05) is 0 Å². The number of hydrogen-bond donors (Lipinski definition) is 0. The third-order valence-corrected chi connectivity index (χ3v) is 4.47. The molecule has 2 nitrogen and oxygen atoms in total. The van der Waals surface area contributed by atoms with Crippen LogP contribution in [0.1, 0.15) is 11.1 Å². The average Bonchev–Trinajstić information content (AvgIpc) is 2.32. The summed E-state index contributed by atoms with van der Waals surface area (Å²) >= 11 is 0. The molecule has 0 bridgehead atoms. The fourth-order valence-electron chi connectivity index (χ4n) is 1.75. The Morgan fingerprint density at radius 3 is 2.28 bits per heavy atom. The summed E-state index contributed by atoms with van der Waals surface area (Å²) in [5.74, 6) is -0.883. The summed E-state index contributed by atoms with van der Waals surface area (Å²) < 4.78 is 37.8. The highest BCUT2D eigenvalue weighted by molar-refractivity contribution is 7.90. The van der Waals surface area contributed by atoms with E-state index in [9.17, 15) is 12.8 Å². The maximum Gasteiger partial charge on any atom is 0.185 e. The molecule has 0 fully saturated rings. The highest BCUT2D eigenvalue weighted by Gasteiger charge is 2.19. The molecule has 94 valence electrons. The van der Waals surface area contributed by atoms with Gasteiger partial charge in [0.1, 0.15) is 10.7 Å². The van der Waals surface area contributed by atoms with E-state index in [2.05, 4.69) is 0 Å². The van der Waals surface area contributed by atoms with Gasteiger partial charge in [-0.25, -0.2) is 12.8 Å². The van der Waals surface area contributed by atoms with Crippen LogP contribution >= 0.6 is 0 Å². The first kappa shape index (κ1) is 12.8. The molecule has 18 heavy (non-hydrogen) atoms. The van der Waals surface area contributed by atoms with Crippen LogP contribution in [-0.2, 0) is 15.6 Å². The number of benzene rings is 2. The van der Waals surface area contributed by atoms with Gasteiger partial charge in [-0.15, -0.1) is 0 Å². The molecule has 0 aliphatic rings. The third kappa shape index (κ3) is 2.59. The summed E-state index contributed by atoms with van der Waals surface area (Å²) in [6.07, 6.45) is 0. The van der Waals surface area contributed by atoms with E-state index < -0.39 is 15.7 Å². The molecule has 0 aliphatic heterocycles. The van der Waals surface area contributed by atoms with Crippen molar-refractivity contribution in [2.75, 3.05) is 0 Å². The zero-order chi connectivity index (χ0) is 13.2. The molecule has 0 unspecified atom stereocenters. The minimum atomic E-state index is -3.64. The van der Waals surface area contributed by atoms with Gasteiger partial charge in [-0.05, 0) is 30.2 Å². The van der Waals surface area contributed by atoms with Crippen LogP contribution in [0.2, 0.25) is 0 Å². The van der Waals surface area contributed by atoms with Gasteiger partial charge in [0.15, 0.2) is 9.84 Å². The molecule has 4 heteroatoms. The highest BCUT2D eigenvalue weighted by atomic mass is 32.2. The van der Waals surface area contributed by atoms with E-state index in [1.807, 2.05) is 19.1 Å². The Morgan fingerprint density at radius 1 is 1.00 bits per heavy atom. The van der Waals surface area contributed by atoms with E-state index in [0.717, 1.165) is 11.6 Å². The van der Waals surface area contributed by atoms with Crippen LogP contribution in [-0.4, -0.2) is 8.42 Å². The number of halogens is 1. The van der Waals surface area contributed by atoms with Gasteiger partial charge in [-0.3, -0.25) is 0 Å². The fraction of sp³-hybridized carbons (Fsp3) is 0.143. The maximum absolute atomic E-state index is 13.5. The maximum atomic E-state index is 13.5. The molecule has 0 amide bonds. The van der Waals surface area contributed by atoms with Crippen LogP contribution in [0, 0.1) is 12.7 Å². The van der Waals surface area contributed by atoms with Gasteiger partial charge in [0.05, 0.1) is 5.75 Å². The molecule has 2 aromatic rings. The summed E-state index contributed by atoms with van der Waals surface area (Å²) in [4.78, 5) is -0.242. The van der Waals surface area contributed by atoms with Crippen molar-refractivity contribution in [3.63, 3.8) is 0 Å². The molecular weight excluding hydrogens is 251 g/mol. The van der Waals surface area contributed by atoms with Crippen molar-refractivity contribution in [3.05, 3.63) is 65.5 Å². The molecule has 0 saturated carbocycles. The Bertz CT molecular complexity index is 663. The van der Waals surface area contributed by atoms with Gasteiger partial charge >= 0.3 is 0 Å². The number of aryl methyl sites for hydroxylation is 1.